The van der Waals surface area contributed by atoms with Gasteiger partial charge in [0.15, 0.2) is 0 Å². The molecule has 0 aliphatic heterocycles. The van der Waals surface area contributed by atoms with Crippen molar-refractivity contribution in [3.8, 4) is 0 Å². The lowest BCUT2D eigenvalue weighted by atomic mass is 10.0. The van der Waals surface area contributed by atoms with Gasteiger partial charge in [0.1, 0.15) is 5.82 Å². The van der Waals surface area contributed by atoms with E-state index in [2.05, 4.69) is 20.6 Å². The molecule has 0 bridgehead atoms. The Bertz CT molecular complexity index is 365. The van der Waals surface area contributed by atoms with Gasteiger partial charge in [0.25, 0.3) is 0 Å². The molecule has 0 saturated heterocycles. The Morgan fingerprint density at radius 1 is 1.41 bits per heavy atom. The van der Waals surface area contributed by atoms with Gasteiger partial charge in [0.2, 0.25) is 5.95 Å². The van der Waals surface area contributed by atoms with E-state index in [1.807, 2.05) is 13.0 Å². The molecule has 1 heterocycles. The van der Waals surface area contributed by atoms with Crippen molar-refractivity contribution in [2.45, 2.75) is 26.2 Å². The third kappa shape index (κ3) is 3.30. The van der Waals surface area contributed by atoms with Crippen molar-refractivity contribution in [2.24, 2.45) is 5.41 Å². The molecule has 1 aliphatic rings. The van der Waals surface area contributed by atoms with E-state index in [9.17, 15) is 0 Å². The highest BCUT2D eigenvalue weighted by Crippen LogP contribution is 2.48. The predicted octanol–water partition coefficient (Wildman–Crippen LogP) is 1.48. The molecule has 1 saturated carbocycles. The molecule has 1 aromatic rings. The van der Waals surface area contributed by atoms with Crippen LogP contribution in [0.4, 0.5) is 11.8 Å². The van der Waals surface area contributed by atoms with Crippen LogP contribution in [0.5, 0.6) is 0 Å². The van der Waals surface area contributed by atoms with E-state index in [4.69, 9.17) is 5.11 Å². The van der Waals surface area contributed by atoms with Crippen LogP contribution in [-0.4, -0.2) is 34.8 Å². The minimum Gasteiger partial charge on any atom is -0.396 e. The van der Waals surface area contributed by atoms with Crippen molar-refractivity contribution in [2.75, 3.05) is 30.3 Å². The Morgan fingerprint density at radius 2 is 2.24 bits per heavy atom. The van der Waals surface area contributed by atoms with Crippen molar-refractivity contribution in [3.05, 3.63) is 12.3 Å². The van der Waals surface area contributed by atoms with Gasteiger partial charge < -0.3 is 15.7 Å². The molecule has 94 valence electrons. The van der Waals surface area contributed by atoms with Crippen molar-refractivity contribution in [1.82, 2.24) is 9.97 Å². The lowest BCUT2D eigenvalue weighted by Crippen LogP contribution is -2.17. The second-order valence-electron chi connectivity index (χ2n) is 4.62. The standard InChI is InChI=1S/C12H20N4O/c1-2-13-11-14-7-3-10(16-11)15-9-12(4-5-12)6-8-17/h3,7,17H,2,4-6,8-9H2,1H3,(H2,13,14,15,16). The van der Waals surface area contributed by atoms with Gasteiger partial charge in [-0.15, -0.1) is 0 Å². The second kappa shape index (κ2) is 5.31. The average Bonchev–Trinajstić information content (AvgIpc) is 3.09. The average molecular weight is 236 g/mol. The molecule has 0 unspecified atom stereocenters. The number of hydrogen-bond donors (Lipinski definition) is 3. The monoisotopic (exact) mass is 236 g/mol. The summed E-state index contributed by atoms with van der Waals surface area (Å²) in [4.78, 5) is 8.48. The number of aliphatic hydroxyl groups excluding tert-OH is 1. The maximum atomic E-state index is 8.99. The number of hydrogen-bond acceptors (Lipinski definition) is 5. The van der Waals surface area contributed by atoms with Crippen molar-refractivity contribution in [1.29, 1.82) is 0 Å². The highest BCUT2D eigenvalue weighted by Gasteiger charge is 2.41. The molecular weight excluding hydrogens is 216 g/mol. The highest BCUT2D eigenvalue weighted by atomic mass is 16.3. The third-order valence-corrected chi connectivity index (χ3v) is 3.23. The Balaban J connectivity index is 1.88. The minimum absolute atomic E-state index is 0.272. The van der Waals surface area contributed by atoms with Crippen molar-refractivity contribution in [3.63, 3.8) is 0 Å². The maximum absolute atomic E-state index is 8.99. The summed E-state index contributed by atoms with van der Waals surface area (Å²) >= 11 is 0. The van der Waals surface area contributed by atoms with Crippen LogP contribution in [0.2, 0.25) is 0 Å². The van der Waals surface area contributed by atoms with Crippen LogP contribution >= 0.6 is 0 Å². The molecule has 1 fully saturated rings. The lowest BCUT2D eigenvalue weighted by Gasteiger charge is -2.15. The molecule has 2 rings (SSSR count). The smallest absolute Gasteiger partial charge is 0.224 e. The fourth-order valence-corrected chi connectivity index (χ4v) is 1.91. The zero-order valence-electron chi connectivity index (χ0n) is 10.2. The van der Waals surface area contributed by atoms with Crippen LogP contribution in [0.1, 0.15) is 26.2 Å². The van der Waals surface area contributed by atoms with Crippen LogP contribution in [0.15, 0.2) is 12.3 Å². The summed E-state index contributed by atoms with van der Waals surface area (Å²) in [5, 5.41) is 15.4. The van der Waals surface area contributed by atoms with Crippen molar-refractivity contribution >= 4 is 11.8 Å². The van der Waals surface area contributed by atoms with E-state index >= 15 is 0 Å². The number of anilines is 2. The third-order valence-electron chi connectivity index (χ3n) is 3.23. The molecule has 5 heteroatoms. The molecule has 17 heavy (non-hydrogen) atoms. The molecule has 0 radical (unpaired) electrons. The molecular formula is C12H20N4O. The van der Waals surface area contributed by atoms with Gasteiger partial charge in [-0.05, 0) is 37.7 Å². The van der Waals surface area contributed by atoms with Crippen LogP contribution in [0.25, 0.3) is 0 Å². The minimum atomic E-state index is 0.272. The van der Waals surface area contributed by atoms with Gasteiger partial charge in [0.05, 0.1) is 0 Å². The number of aliphatic hydroxyl groups is 1. The van der Waals surface area contributed by atoms with E-state index in [1.165, 1.54) is 12.8 Å². The number of rotatable bonds is 7. The fourth-order valence-electron chi connectivity index (χ4n) is 1.91. The van der Waals surface area contributed by atoms with Gasteiger partial charge >= 0.3 is 0 Å². The Hall–Kier alpha value is -1.36. The van der Waals surface area contributed by atoms with Gasteiger partial charge in [0, 0.05) is 25.9 Å². The molecule has 0 spiro atoms. The number of aromatic nitrogens is 2. The normalized spacial score (nSPS) is 16.6. The predicted molar refractivity (Wildman–Crippen MR) is 68.1 cm³/mol. The second-order valence-corrected chi connectivity index (χ2v) is 4.62. The molecule has 5 nitrogen and oxygen atoms in total. The number of nitrogens with one attached hydrogen (secondary N) is 2. The van der Waals surface area contributed by atoms with Crippen LogP contribution in [0, 0.1) is 5.41 Å². The topological polar surface area (TPSA) is 70.1 Å². The van der Waals surface area contributed by atoms with Gasteiger partial charge in [-0.1, -0.05) is 0 Å². The van der Waals surface area contributed by atoms with Crippen LogP contribution in [0.3, 0.4) is 0 Å². The largest absolute Gasteiger partial charge is 0.396 e. The van der Waals surface area contributed by atoms with Crippen LogP contribution in [-0.2, 0) is 0 Å². The summed E-state index contributed by atoms with van der Waals surface area (Å²) in [6.45, 7) is 3.99. The Kier molecular flexibility index (Phi) is 3.78. The highest BCUT2D eigenvalue weighted by molar-refractivity contribution is 5.39. The quantitative estimate of drug-likeness (QED) is 0.669. The first-order valence-corrected chi connectivity index (χ1v) is 6.20. The summed E-state index contributed by atoms with van der Waals surface area (Å²) in [7, 11) is 0. The van der Waals surface area contributed by atoms with Gasteiger partial charge in [-0.3, -0.25) is 0 Å². The zero-order chi connectivity index (χ0) is 12.1. The molecule has 3 N–H and O–H groups in total. The molecule has 1 aliphatic carbocycles. The zero-order valence-corrected chi connectivity index (χ0v) is 10.2. The summed E-state index contributed by atoms with van der Waals surface area (Å²) in [6.07, 6.45) is 5.03. The van der Waals surface area contributed by atoms with E-state index in [-0.39, 0.29) is 6.61 Å². The molecule has 0 amide bonds. The SMILES string of the molecule is CCNc1nccc(NCC2(CCO)CC2)n1. The van der Waals surface area contributed by atoms with Crippen molar-refractivity contribution < 1.29 is 5.11 Å². The van der Waals surface area contributed by atoms with E-state index in [1.54, 1.807) is 6.20 Å². The maximum Gasteiger partial charge on any atom is 0.224 e. The summed E-state index contributed by atoms with van der Waals surface area (Å²) in [5.41, 5.74) is 0.304. The van der Waals surface area contributed by atoms with E-state index in [0.29, 0.717) is 11.4 Å². The van der Waals surface area contributed by atoms with E-state index in [0.717, 1.165) is 25.3 Å². The summed E-state index contributed by atoms with van der Waals surface area (Å²) in [5.74, 6) is 1.50. The fraction of sp³-hybridized carbons (Fsp3) is 0.667. The summed E-state index contributed by atoms with van der Waals surface area (Å²) in [6, 6.07) is 1.87. The van der Waals surface area contributed by atoms with E-state index < -0.39 is 0 Å². The molecule has 0 atom stereocenters. The number of nitrogens with zero attached hydrogens (tertiary/aromatic N) is 2. The van der Waals surface area contributed by atoms with Crippen LogP contribution < -0.4 is 10.6 Å². The first-order valence-electron chi connectivity index (χ1n) is 6.20. The molecule has 0 aromatic carbocycles. The molecule has 1 aromatic heterocycles. The first kappa shape index (κ1) is 12.1. The Morgan fingerprint density at radius 3 is 2.88 bits per heavy atom. The summed E-state index contributed by atoms with van der Waals surface area (Å²) < 4.78 is 0. The van der Waals surface area contributed by atoms with Gasteiger partial charge in [-0.25, -0.2) is 4.98 Å². The lowest BCUT2D eigenvalue weighted by molar-refractivity contribution is 0.253. The van der Waals surface area contributed by atoms with Gasteiger partial charge in [-0.2, -0.15) is 4.98 Å². The Labute approximate surface area is 102 Å². The first-order chi connectivity index (χ1) is 8.28.